The molecule has 4 heteroatoms. The number of hydrogen-bond acceptors (Lipinski definition) is 0. The van der Waals surface area contributed by atoms with E-state index in [1.807, 2.05) is 12.2 Å². The third kappa shape index (κ3) is 13.5. The molecular weight excluding hydrogens is 619 g/mol. The molecule has 0 bridgehead atoms. The summed E-state index contributed by atoms with van der Waals surface area (Å²) >= 11 is 0. The van der Waals surface area contributed by atoms with Crippen molar-refractivity contribution in [2.24, 2.45) is 0 Å². The smallest absolute Gasteiger partial charge is 1.00 e. The van der Waals surface area contributed by atoms with E-state index >= 15 is 0 Å². The van der Waals surface area contributed by atoms with Crippen molar-refractivity contribution in [2.75, 3.05) is 0 Å². The molecule has 0 radical (unpaired) electrons. The average molecular weight is 624 g/mol. The van der Waals surface area contributed by atoms with Gasteiger partial charge in [0.25, 0.3) is 0 Å². The van der Waals surface area contributed by atoms with Crippen LogP contribution in [0.2, 0.25) is 0 Å². The minimum absolute atomic E-state index is 0. The van der Waals surface area contributed by atoms with Crippen LogP contribution in [-0.4, -0.2) is 0 Å². The van der Waals surface area contributed by atoms with Crippen molar-refractivity contribution in [1.29, 1.82) is 0 Å². The Hall–Kier alpha value is 2.54. The predicted molar refractivity (Wildman–Crippen MR) is 21.6 cm³/mol. The topological polar surface area (TPSA) is 0 Å². The minimum Gasteiger partial charge on any atom is -1.00 e. The molecule has 0 saturated carbocycles. The molecule has 1 rings (SSSR count). The molecule has 0 heterocycles. The van der Waals surface area contributed by atoms with Crippen molar-refractivity contribution < 1.29 is 97.8 Å². The predicted octanol–water partition coefficient (Wildman–Crippen LogP) is -7.68. The number of allylic oxidation sites excluding steroid dienone is 4. The second-order valence-electron chi connectivity index (χ2n) is 1.00. The Balaban J connectivity index is -0.0000000312. The van der Waals surface area contributed by atoms with Gasteiger partial charge in [0.15, 0.2) is 0 Å². The first-order valence-corrected chi connectivity index (χ1v) is 1.72. The van der Waals surface area contributed by atoms with E-state index in [-0.39, 0.29) is 97.8 Å². The zero-order chi connectivity index (χ0) is 3.54. The quantitative estimate of drug-likeness (QED) is 0.143. The van der Waals surface area contributed by atoms with Gasteiger partial charge in [0.2, 0.25) is 0 Å². The van der Waals surface area contributed by atoms with Gasteiger partial charge < -0.3 is 71.9 Å². The van der Waals surface area contributed by atoms with Crippen LogP contribution in [0, 0.1) is 6.08 Å². The molecule has 0 N–H and O–H groups in total. The fourth-order valence-corrected chi connectivity index (χ4v) is 0.340. The van der Waals surface area contributed by atoms with Crippen LogP contribution in [0.3, 0.4) is 0 Å². The van der Waals surface area contributed by atoms with E-state index < -0.39 is 0 Å². The normalized spacial score (nSPS) is 9.78. The van der Waals surface area contributed by atoms with E-state index in [2.05, 4.69) is 12.2 Å². The summed E-state index contributed by atoms with van der Waals surface area (Å²) in [6.07, 6.45) is 10.0. The van der Waals surface area contributed by atoms with Gasteiger partial charge in [-0.25, -0.2) is 12.2 Å². The van der Waals surface area contributed by atoms with Crippen molar-refractivity contribution in [3.8, 4) is 0 Å². The third-order valence-electron chi connectivity index (χ3n) is 0.586. The molecular formula is C5H5HfI3. The maximum absolute atomic E-state index is 2.99. The van der Waals surface area contributed by atoms with Gasteiger partial charge in [0, 0.05) is 0 Å². The Morgan fingerprint density at radius 1 is 1.11 bits per heavy atom. The van der Waals surface area contributed by atoms with Crippen LogP contribution in [0.4, 0.5) is 0 Å². The number of hydrogen-bond donors (Lipinski definition) is 0. The van der Waals surface area contributed by atoms with Crippen LogP contribution in [0.1, 0.15) is 6.42 Å². The van der Waals surface area contributed by atoms with Crippen LogP contribution >= 0.6 is 0 Å². The van der Waals surface area contributed by atoms with Crippen molar-refractivity contribution in [2.45, 2.75) is 6.42 Å². The Kier molecular flexibility index (Phi) is 42.3. The Bertz CT molecular complexity index is 70.3. The molecule has 0 amide bonds. The molecule has 0 aromatic carbocycles. The Labute approximate surface area is 126 Å². The van der Waals surface area contributed by atoms with E-state index in [0.29, 0.717) is 0 Å². The summed E-state index contributed by atoms with van der Waals surface area (Å²) in [6, 6.07) is 0. The largest absolute Gasteiger partial charge is 4.00 e. The molecule has 50 valence electrons. The van der Waals surface area contributed by atoms with Crippen LogP contribution in [0.15, 0.2) is 18.2 Å². The van der Waals surface area contributed by atoms with E-state index in [1.165, 1.54) is 0 Å². The number of rotatable bonds is 0. The van der Waals surface area contributed by atoms with Crippen molar-refractivity contribution in [3.63, 3.8) is 0 Å². The van der Waals surface area contributed by atoms with Gasteiger partial charge in [0.1, 0.15) is 0 Å². The monoisotopic (exact) mass is 626 g/mol. The summed E-state index contributed by atoms with van der Waals surface area (Å²) < 4.78 is 0. The van der Waals surface area contributed by atoms with Crippen molar-refractivity contribution >= 4 is 0 Å². The SMILES string of the molecule is [C-]1=CC=CC1.[Hf+4].[I-].[I-].[I-]. The van der Waals surface area contributed by atoms with Gasteiger partial charge in [-0.15, -0.1) is 6.42 Å². The van der Waals surface area contributed by atoms with Crippen LogP contribution < -0.4 is 71.9 Å². The first-order chi connectivity index (χ1) is 2.50. The van der Waals surface area contributed by atoms with Gasteiger partial charge in [-0.2, -0.15) is 6.08 Å². The molecule has 0 unspecified atom stereocenters. The van der Waals surface area contributed by atoms with Gasteiger partial charge in [-0.05, 0) is 0 Å². The molecule has 0 saturated heterocycles. The number of halogens is 3. The molecule has 0 fully saturated rings. The molecule has 0 aromatic rings. The van der Waals surface area contributed by atoms with Gasteiger partial charge in [-0.3, -0.25) is 6.08 Å². The molecule has 1 aliphatic carbocycles. The summed E-state index contributed by atoms with van der Waals surface area (Å²) in [4.78, 5) is 0. The van der Waals surface area contributed by atoms with E-state index in [1.54, 1.807) is 0 Å². The first-order valence-electron chi connectivity index (χ1n) is 1.72. The second-order valence-corrected chi connectivity index (χ2v) is 1.00. The van der Waals surface area contributed by atoms with Crippen molar-refractivity contribution in [3.05, 3.63) is 24.3 Å². The van der Waals surface area contributed by atoms with E-state index in [9.17, 15) is 0 Å². The molecule has 0 aliphatic heterocycles. The zero-order valence-corrected chi connectivity index (χ0v) is 14.6. The Morgan fingerprint density at radius 2 is 1.67 bits per heavy atom. The van der Waals surface area contributed by atoms with Crippen LogP contribution in [-0.2, 0) is 25.8 Å². The summed E-state index contributed by atoms with van der Waals surface area (Å²) in [5, 5.41) is 0. The summed E-state index contributed by atoms with van der Waals surface area (Å²) in [5.41, 5.74) is 0. The minimum atomic E-state index is 0. The zero-order valence-electron chi connectivity index (χ0n) is 4.57. The molecule has 0 nitrogen and oxygen atoms in total. The van der Waals surface area contributed by atoms with Crippen LogP contribution in [0.5, 0.6) is 0 Å². The molecule has 0 aromatic heterocycles. The molecule has 0 atom stereocenters. The maximum Gasteiger partial charge on any atom is 4.00 e. The van der Waals surface area contributed by atoms with Crippen LogP contribution in [0.25, 0.3) is 0 Å². The molecule has 0 spiro atoms. The second kappa shape index (κ2) is 16.9. The summed E-state index contributed by atoms with van der Waals surface area (Å²) in [7, 11) is 0. The van der Waals surface area contributed by atoms with Crippen molar-refractivity contribution in [1.82, 2.24) is 0 Å². The first kappa shape index (κ1) is 22.5. The van der Waals surface area contributed by atoms with Gasteiger partial charge >= 0.3 is 25.8 Å². The maximum atomic E-state index is 2.99. The standard InChI is InChI=1S/C5H5.Hf.3HI/c1-2-4-5-3-1;;;;/h1-3H,4H2;;3*1H/q-1;+4;;;/p-3. The fourth-order valence-electron chi connectivity index (χ4n) is 0.340. The third-order valence-corrected chi connectivity index (χ3v) is 0.586. The summed E-state index contributed by atoms with van der Waals surface area (Å²) in [5.74, 6) is 0. The fraction of sp³-hybridized carbons (Fsp3) is 0.200. The molecule has 1 aliphatic rings. The van der Waals surface area contributed by atoms with E-state index in [4.69, 9.17) is 0 Å². The van der Waals surface area contributed by atoms with E-state index in [0.717, 1.165) is 6.42 Å². The van der Waals surface area contributed by atoms with Gasteiger partial charge in [-0.1, -0.05) is 0 Å². The van der Waals surface area contributed by atoms with Gasteiger partial charge in [0.05, 0.1) is 0 Å². The Morgan fingerprint density at radius 3 is 1.78 bits per heavy atom. The summed E-state index contributed by atoms with van der Waals surface area (Å²) in [6.45, 7) is 0. The molecule has 9 heavy (non-hydrogen) atoms. The average Bonchev–Trinajstić information content (AvgIpc) is 1.76.